The zero-order chi connectivity index (χ0) is 21.1. The summed E-state index contributed by atoms with van der Waals surface area (Å²) in [6, 6.07) is 6.80. The molecule has 1 aliphatic rings. The minimum Gasteiger partial charge on any atom is -0.493 e. The average molecular weight is 476 g/mol. The van der Waals surface area contributed by atoms with Gasteiger partial charge in [-0.3, -0.25) is 4.90 Å². The molecule has 0 spiro atoms. The molecule has 2 N–H and O–H groups in total. The molecule has 7 nitrogen and oxygen atoms in total. The second-order valence-electron chi connectivity index (χ2n) is 6.98. The van der Waals surface area contributed by atoms with E-state index in [1.807, 2.05) is 6.07 Å². The Morgan fingerprint density at radius 2 is 1.87 bits per heavy atom. The van der Waals surface area contributed by atoms with Crippen molar-refractivity contribution in [2.75, 3.05) is 45.7 Å². The predicted molar refractivity (Wildman–Crippen MR) is 118 cm³/mol. The van der Waals surface area contributed by atoms with E-state index < -0.39 is 0 Å². The molecule has 0 amide bonds. The van der Waals surface area contributed by atoms with Crippen LogP contribution in [0, 0.1) is 5.82 Å². The number of rotatable bonds is 6. The molecule has 1 aromatic heterocycles. The third-order valence-electron chi connectivity index (χ3n) is 5.18. The highest BCUT2D eigenvalue weighted by molar-refractivity contribution is 9.10. The van der Waals surface area contributed by atoms with Gasteiger partial charge in [0.25, 0.3) is 0 Å². The van der Waals surface area contributed by atoms with Gasteiger partial charge in [-0.2, -0.15) is 0 Å². The fraction of sp³-hybridized carbons (Fsp3) is 0.333. The highest BCUT2D eigenvalue weighted by Gasteiger charge is 2.19. The molecule has 0 aliphatic carbocycles. The summed E-state index contributed by atoms with van der Waals surface area (Å²) in [7, 11) is 3.16. The summed E-state index contributed by atoms with van der Waals surface area (Å²) in [6.07, 6.45) is 1.47. The van der Waals surface area contributed by atoms with Gasteiger partial charge in [-0.15, -0.1) is 0 Å². The molecular formula is C21H23BrFN5O2. The molecule has 1 saturated heterocycles. The lowest BCUT2D eigenvalue weighted by molar-refractivity contribution is 0.231. The van der Waals surface area contributed by atoms with Crippen molar-refractivity contribution in [2.45, 2.75) is 6.54 Å². The summed E-state index contributed by atoms with van der Waals surface area (Å²) in [5, 5.41) is 7.40. The fourth-order valence-corrected chi connectivity index (χ4v) is 4.05. The number of ether oxygens (including phenoxy) is 2. The van der Waals surface area contributed by atoms with Crippen LogP contribution in [0.5, 0.6) is 11.5 Å². The molecule has 0 saturated carbocycles. The second kappa shape index (κ2) is 9.11. The van der Waals surface area contributed by atoms with Crippen LogP contribution in [0.3, 0.4) is 0 Å². The molecule has 1 aliphatic heterocycles. The summed E-state index contributed by atoms with van der Waals surface area (Å²) in [5.41, 5.74) is 1.95. The average Bonchev–Trinajstić information content (AvgIpc) is 2.78. The number of methoxy groups -OCH3 is 2. The Hall–Kier alpha value is -2.49. The van der Waals surface area contributed by atoms with E-state index in [1.165, 1.54) is 12.4 Å². The monoisotopic (exact) mass is 475 g/mol. The second-order valence-corrected chi connectivity index (χ2v) is 7.83. The topological polar surface area (TPSA) is 71.5 Å². The van der Waals surface area contributed by atoms with Crippen molar-refractivity contribution in [3.8, 4) is 11.5 Å². The van der Waals surface area contributed by atoms with Gasteiger partial charge in [0.2, 0.25) is 0 Å². The highest BCUT2D eigenvalue weighted by Crippen LogP contribution is 2.37. The Balaban J connectivity index is 1.75. The third-order valence-corrected chi connectivity index (χ3v) is 5.84. The molecule has 2 heterocycles. The van der Waals surface area contributed by atoms with Gasteiger partial charge in [0, 0.05) is 54.2 Å². The first-order chi connectivity index (χ1) is 14.6. The van der Waals surface area contributed by atoms with E-state index in [-0.39, 0.29) is 5.82 Å². The molecule has 158 valence electrons. The molecule has 1 fully saturated rings. The number of nitrogens with zero attached hydrogens (tertiary/aromatic N) is 3. The number of hydrogen-bond acceptors (Lipinski definition) is 7. The van der Waals surface area contributed by atoms with Crippen molar-refractivity contribution in [3.63, 3.8) is 0 Å². The van der Waals surface area contributed by atoms with Gasteiger partial charge >= 0.3 is 0 Å². The lowest BCUT2D eigenvalue weighted by Gasteiger charge is -2.28. The highest BCUT2D eigenvalue weighted by atomic mass is 79.9. The number of fused-ring (bicyclic) bond motifs is 1. The molecule has 4 rings (SSSR count). The Morgan fingerprint density at radius 1 is 1.13 bits per heavy atom. The predicted octanol–water partition coefficient (Wildman–Crippen LogP) is 3.70. The van der Waals surface area contributed by atoms with Crippen LogP contribution in [0.25, 0.3) is 10.9 Å². The Kier molecular flexibility index (Phi) is 6.31. The van der Waals surface area contributed by atoms with E-state index in [1.54, 1.807) is 26.4 Å². The molecule has 2 aromatic carbocycles. The Morgan fingerprint density at radius 3 is 2.60 bits per heavy atom. The van der Waals surface area contributed by atoms with Gasteiger partial charge in [-0.05, 0) is 34.1 Å². The van der Waals surface area contributed by atoms with Crippen LogP contribution in [0.15, 0.2) is 35.1 Å². The summed E-state index contributed by atoms with van der Waals surface area (Å²) in [4.78, 5) is 11.0. The van der Waals surface area contributed by atoms with Crippen LogP contribution in [-0.2, 0) is 6.54 Å². The van der Waals surface area contributed by atoms with E-state index >= 15 is 0 Å². The van der Waals surface area contributed by atoms with Crippen molar-refractivity contribution in [1.29, 1.82) is 0 Å². The van der Waals surface area contributed by atoms with Crippen molar-refractivity contribution in [1.82, 2.24) is 20.2 Å². The molecule has 0 bridgehead atoms. The van der Waals surface area contributed by atoms with Crippen LogP contribution < -0.4 is 20.1 Å². The minimum atomic E-state index is -0.253. The molecule has 0 radical (unpaired) electrons. The van der Waals surface area contributed by atoms with Gasteiger partial charge in [-0.25, -0.2) is 14.4 Å². The number of aromatic nitrogens is 2. The first kappa shape index (κ1) is 20.8. The summed E-state index contributed by atoms with van der Waals surface area (Å²) < 4.78 is 26.4. The standard InChI is InChI=1S/C21H23BrFN5O2/c1-29-18-9-13-17(10-19(18)30-2)25-12-26-21(13)27-20-14(16(23)4-3-15(20)22)11-28-7-5-24-6-8-28/h3-4,9-10,12,24H,5-8,11H2,1-2H3,(H,25,26,27). The SMILES string of the molecule is COc1cc2ncnc(Nc3c(Br)ccc(F)c3CN3CCNCC3)c2cc1OC. The van der Waals surface area contributed by atoms with Gasteiger partial charge in [0.05, 0.1) is 25.4 Å². The lowest BCUT2D eigenvalue weighted by atomic mass is 10.1. The largest absolute Gasteiger partial charge is 0.493 e. The molecule has 0 atom stereocenters. The van der Waals surface area contributed by atoms with Crippen molar-refractivity contribution >= 4 is 38.3 Å². The number of benzene rings is 2. The molecule has 0 unspecified atom stereocenters. The van der Waals surface area contributed by atoms with Crippen LogP contribution in [0.2, 0.25) is 0 Å². The summed E-state index contributed by atoms with van der Waals surface area (Å²) in [6.45, 7) is 4.06. The maximum absolute atomic E-state index is 14.8. The van der Waals surface area contributed by atoms with Crippen LogP contribution in [-0.4, -0.2) is 55.3 Å². The van der Waals surface area contributed by atoms with E-state index in [2.05, 4.69) is 41.4 Å². The smallest absolute Gasteiger partial charge is 0.162 e. The van der Waals surface area contributed by atoms with Gasteiger partial charge in [-0.1, -0.05) is 0 Å². The minimum absolute atomic E-state index is 0.253. The quantitative estimate of drug-likeness (QED) is 0.562. The van der Waals surface area contributed by atoms with Crippen molar-refractivity contribution in [3.05, 3.63) is 46.4 Å². The van der Waals surface area contributed by atoms with Gasteiger partial charge in [0.15, 0.2) is 11.5 Å². The van der Waals surface area contributed by atoms with Gasteiger partial charge < -0.3 is 20.1 Å². The Labute approximate surface area is 182 Å². The van der Waals surface area contributed by atoms with Crippen molar-refractivity contribution in [2.24, 2.45) is 0 Å². The first-order valence-electron chi connectivity index (χ1n) is 9.64. The lowest BCUT2D eigenvalue weighted by Crippen LogP contribution is -2.43. The molecule has 30 heavy (non-hydrogen) atoms. The molecule has 9 heteroatoms. The first-order valence-corrected chi connectivity index (χ1v) is 10.4. The number of hydrogen-bond donors (Lipinski definition) is 2. The van der Waals surface area contributed by atoms with Crippen LogP contribution in [0.1, 0.15) is 5.56 Å². The normalized spacial score (nSPS) is 14.7. The van der Waals surface area contributed by atoms with Gasteiger partial charge in [0.1, 0.15) is 18.0 Å². The maximum Gasteiger partial charge on any atom is 0.162 e. The third kappa shape index (κ3) is 4.19. The van der Waals surface area contributed by atoms with E-state index in [0.717, 1.165) is 36.0 Å². The van der Waals surface area contributed by atoms with Crippen molar-refractivity contribution < 1.29 is 13.9 Å². The number of piperazine rings is 1. The van der Waals surface area contributed by atoms with Crippen LogP contribution >= 0.6 is 15.9 Å². The molecule has 3 aromatic rings. The van der Waals surface area contributed by atoms with E-state index in [9.17, 15) is 4.39 Å². The number of nitrogens with one attached hydrogen (secondary N) is 2. The summed E-state index contributed by atoms with van der Waals surface area (Å²) >= 11 is 3.57. The zero-order valence-corrected chi connectivity index (χ0v) is 18.4. The number of halogens is 2. The molecular weight excluding hydrogens is 453 g/mol. The summed E-state index contributed by atoms with van der Waals surface area (Å²) in [5.74, 6) is 1.47. The van der Waals surface area contributed by atoms with Crippen LogP contribution in [0.4, 0.5) is 15.9 Å². The maximum atomic E-state index is 14.8. The fourth-order valence-electron chi connectivity index (χ4n) is 3.58. The van der Waals surface area contributed by atoms with E-state index in [0.29, 0.717) is 40.6 Å². The number of anilines is 2. The van der Waals surface area contributed by atoms with E-state index in [4.69, 9.17) is 9.47 Å². The Bertz CT molecular complexity index is 1060. The zero-order valence-electron chi connectivity index (χ0n) is 16.8.